The van der Waals surface area contributed by atoms with E-state index in [1.165, 1.54) is 16.7 Å². The van der Waals surface area contributed by atoms with Crippen LogP contribution in [-0.2, 0) is 0 Å². The van der Waals surface area contributed by atoms with Crippen LogP contribution in [0.5, 0.6) is 0 Å². The summed E-state index contributed by atoms with van der Waals surface area (Å²) in [6.07, 6.45) is 0. The maximum atomic E-state index is 3.55. The van der Waals surface area contributed by atoms with Crippen LogP contribution in [0.1, 0.15) is 0 Å². The average Bonchev–Trinajstić information content (AvgIpc) is 2.86. The summed E-state index contributed by atoms with van der Waals surface area (Å²) < 4.78 is 1.19. The third-order valence-corrected chi connectivity index (χ3v) is 2.99. The van der Waals surface area contributed by atoms with E-state index in [0.29, 0.717) is 6.04 Å². The van der Waals surface area contributed by atoms with E-state index in [-0.39, 0.29) is 0 Å². The van der Waals surface area contributed by atoms with Crippen LogP contribution in [0.4, 0.5) is 5.69 Å². The first-order valence-corrected chi connectivity index (χ1v) is 5.28. The van der Waals surface area contributed by atoms with Gasteiger partial charge in [-0.1, -0.05) is 12.1 Å². The Kier molecular flexibility index (Phi) is 2.56. The van der Waals surface area contributed by atoms with E-state index in [9.17, 15) is 0 Å². The van der Waals surface area contributed by atoms with Crippen molar-refractivity contribution in [3.63, 3.8) is 0 Å². The SMILES string of the molecule is CNCC1CN1c1ccccc1Br. The molecule has 1 aliphatic heterocycles. The molecule has 0 radical (unpaired) electrons. The number of rotatable bonds is 3. The molecule has 0 bridgehead atoms. The lowest BCUT2D eigenvalue weighted by Gasteiger charge is -2.07. The first-order valence-electron chi connectivity index (χ1n) is 4.48. The van der Waals surface area contributed by atoms with Crippen molar-refractivity contribution in [1.82, 2.24) is 5.32 Å². The molecule has 1 fully saturated rings. The van der Waals surface area contributed by atoms with Crippen molar-refractivity contribution in [2.75, 3.05) is 25.0 Å². The van der Waals surface area contributed by atoms with Gasteiger partial charge in [-0.05, 0) is 35.1 Å². The number of nitrogens with zero attached hydrogens (tertiary/aromatic N) is 1. The number of hydrogen-bond donors (Lipinski definition) is 1. The molecule has 13 heavy (non-hydrogen) atoms. The van der Waals surface area contributed by atoms with Gasteiger partial charge in [-0.15, -0.1) is 0 Å². The fraction of sp³-hybridized carbons (Fsp3) is 0.400. The Hall–Kier alpha value is -0.540. The summed E-state index contributed by atoms with van der Waals surface area (Å²) in [6.45, 7) is 2.24. The molecule has 1 atom stereocenters. The summed E-state index contributed by atoms with van der Waals surface area (Å²) in [4.78, 5) is 2.39. The van der Waals surface area contributed by atoms with E-state index in [4.69, 9.17) is 0 Å². The highest BCUT2D eigenvalue weighted by molar-refractivity contribution is 9.10. The van der Waals surface area contributed by atoms with Gasteiger partial charge in [0.15, 0.2) is 0 Å². The molecule has 0 spiro atoms. The maximum absolute atomic E-state index is 3.55. The van der Waals surface area contributed by atoms with Gasteiger partial charge in [-0.3, -0.25) is 0 Å². The molecule has 1 aromatic rings. The average molecular weight is 241 g/mol. The van der Waals surface area contributed by atoms with Gasteiger partial charge in [0.2, 0.25) is 0 Å². The highest BCUT2D eigenvalue weighted by atomic mass is 79.9. The number of hydrogen-bond acceptors (Lipinski definition) is 2. The van der Waals surface area contributed by atoms with E-state index in [2.05, 4.69) is 44.3 Å². The Morgan fingerprint density at radius 3 is 3.00 bits per heavy atom. The Morgan fingerprint density at radius 1 is 1.54 bits per heavy atom. The standard InChI is InChI=1S/C10H13BrN2/c1-12-6-8-7-13(8)10-5-3-2-4-9(10)11/h2-5,8,12H,6-7H2,1H3. The summed E-state index contributed by atoms with van der Waals surface area (Å²) in [5.74, 6) is 0. The van der Waals surface area contributed by atoms with Crippen molar-refractivity contribution in [2.45, 2.75) is 6.04 Å². The molecule has 2 nitrogen and oxygen atoms in total. The van der Waals surface area contributed by atoms with Crippen molar-refractivity contribution in [1.29, 1.82) is 0 Å². The molecular formula is C10H13BrN2. The molecule has 1 heterocycles. The van der Waals surface area contributed by atoms with E-state index in [1.54, 1.807) is 0 Å². The van der Waals surface area contributed by atoms with Crippen LogP contribution in [-0.4, -0.2) is 26.2 Å². The van der Waals surface area contributed by atoms with E-state index in [0.717, 1.165) is 6.54 Å². The molecule has 1 saturated heterocycles. The Labute approximate surface area is 87.1 Å². The summed E-state index contributed by atoms with van der Waals surface area (Å²) >= 11 is 3.55. The quantitative estimate of drug-likeness (QED) is 0.812. The molecule has 2 rings (SSSR count). The van der Waals surface area contributed by atoms with E-state index < -0.39 is 0 Å². The second-order valence-corrected chi connectivity index (χ2v) is 4.17. The number of nitrogens with one attached hydrogen (secondary N) is 1. The smallest absolute Gasteiger partial charge is 0.0590 e. The molecule has 3 heteroatoms. The van der Waals surface area contributed by atoms with Crippen LogP contribution in [0.2, 0.25) is 0 Å². The summed E-state index contributed by atoms with van der Waals surface area (Å²) in [6, 6.07) is 9.05. The van der Waals surface area contributed by atoms with Gasteiger partial charge in [0.1, 0.15) is 0 Å². The molecule has 0 aliphatic carbocycles. The van der Waals surface area contributed by atoms with Crippen molar-refractivity contribution >= 4 is 21.6 Å². The van der Waals surface area contributed by atoms with Crippen molar-refractivity contribution in [3.05, 3.63) is 28.7 Å². The Bertz CT molecular complexity index is 301. The minimum atomic E-state index is 0.684. The number of likely N-dealkylation sites (N-methyl/N-ethyl adjacent to an activating group) is 1. The van der Waals surface area contributed by atoms with Crippen molar-refractivity contribution < 1.29 is 0 Å². The van der Waals surface area contributed by atoms with E-state index in [1.807, 2.05) is 13.1 Å². The fourth-order valence-electron chi connectivity index (χ4n) is 1.57. The van der Waals surface area contributed by atoms with Gasteiger partial charge < -0.3 is 10.2 Å². The van der Waals surface area contributed by atoms with Gasteiger partial charge in [0, 0.05) is 17.6 Å². The molecule has 1 unspecified atom stereocenters. The summed E-state index contributed by atoms with van der Waals surface area (Å²) in [5, 5.41) is 3.19. The third-order valence-electron chi connectivity index (χ3n) is 2.32. The van der Waals surface area contributed by atoms with Gasteiger partial charge in [-0.25, -0.2) is 0 Å². The van der Waals surface area contributed by atoms with Gasteiger partial charge >= 0.3 is 0 Å². The lowest BCUT2D eigenvalue weighted by molar-refractivity contribution is 0.790. The number of halogens is 1. The van der Waals surface area contributed by atoms with Gasteiger partial charge in [0.05, 0.1) is 11.7 Å². The zero-order chi connectivity index (χ0) is 9.26. The Balaban J connectivity index is 2.07. The van der Waals surface area contributed by atoms with Crippen LogP contribution < -0.4 is 10.2 Å². The van der Waals surface area contributed by atoms with Crippen LogP contribution >= 0.6 is 15.9 Å². The molecule has 0 aromatic heterocycles. The highest BCUT2D eigenvalue weighted by Crippen LogP contribution is 2.33. The number of para-hydroxylation sites is 1. The highest BCUT2D eigenvalue weighted by Gasteiger charge is 2.33. The summed E-state index contributed by atoms with van der Waals surface area (Å²) in [5.41, 5.74) is 1.31. The van der Waals surface area contributed by atoms with Crippen LogP contribution in [0.25, 0.3) is 0 Å². The van der Waals surface area contributed by atoms with Crippen molar-refractivity contribution in [2.24, 2.45) is 0 Å². The third kappa shape index (κ3) is 1.86. The van der Waals surface area contributed by atoms with Crippen LogP contribution in [0.3, 0.4) is 0 Å². The molecular weight excluding hydrogens is 228 g/mol. The maximum Gasteiger partial charge on any atom is 0.0590 e. The molecule has 1 N–H and O–H groups in total. The first-order chi connectivity index (χ1) is 6.33. The molecule has 0 amide bonds. The summed E-state index contributed by atoms with van der Waals surface area (Å²) in [7, 11) is 2.00. The van der Waals surface area contributed by atoms with Gasteiger partial charge in [-0.2, -0.15) is 0 Å². The second kappa shape index (κ2) is 3.68. The molecule has 0 saturated carbocycles. The predicted molar refractivity (Wildman–Crippen MR) is 59.2 cm³/mol. The minimum Gasteiger partial charge on any atom is -0.362 e. The zero-order valence-corrected chi connectivity index (χ0v) is 9.21. The lowest BCUT2D eigenvalue weighted by Crippen LogP contribution is -2.17. The largest absolute Gasteiger partial charge is 0.362 e. The second-order valence-electron chi connectivity index (χ2n) is 3.32. The Morgan fingerprint density at radius 2 is 2.31 bits per heavy atom. The van der Waals surface area contributed by atoms with Crippen LogP contribution in [0.15, 0.2) is 28.7 Å². The van der Waals surface area contributed by atoms with E-state index >= 15 is 0 Å². The molecule has 1 aliphatic rings. The van der Waals surface area contributed by atoms with Crippen molar-refractivity contribution in [3.8, 4) is 0 Å². The lowest BCUT2D eigenvalue weighted by atomic mass is 10.3. The first kappa shape index (κ1) is 9.03. The molecule has 70 valence electrons. The molecule has 1 aromatic carbocycles. The number of anilines is 1. The van der Waals surface area contributed by atoms with Crippen LogP contribution in [0, 0.1) is 0 Å². The van der Waals surface area contributed by atoms with Gasteiger partial charge in [0.25, 0.3) is 0 Å². The zero-order valence-electron chi connectivity index (χ0n) is 7.63. The monoisotopic (exact) mass is 240 g/mol. The topological polar surface area (TPSA) is 15.0 Å². The normalized spacial score (nSPS) is 20.5. The minimum absolute atomic E-state index is 0.684. The number of benzene rings is 1. The predicted octanol–water partition coefficient (Wildman–Crippen LogP) is 1.86. The fourth-order valence-corrected chi connectivity index (χ4v) is 2.08.